The number of nitrogens with one attached hydrogen (secondary N) is 1. The van der Waals surface area contributed by atoms with Gasteiger partial charge in [0.05, 0.1) is 0 Å². The topological polar surface area (TPSA) is 49.4 Å². The molecule has 25 heavy (non-hydrogen) atoms. The number of amides is 3. The van der Waals surface area contributed by atoms with Crippen LogP contribution in [0.15, 0.2) is 0 Å². The van der Waals surface area contributed by atoms with Crippen molar-refractivity contribution in [1.29, 1.82) is 0 Å². The first-order valence-corrected chi connectivity index (χ1v) is 13.3. The second-order valence-corrected chi connectivity index (χ2v) is 12.6. The minimum Gasteiger partial charge on any atom is -0.318 e. The molecule has 5 heteroatoms. The molecule has 0 unspecified atom stereocenters. The molecular weight excluding hydrogens is 331 g/mol. The fourth-order valence-corrected chi connectivity index (χ4v) is 9.41. The standard InChI is InChI=1S/C16H37P.C4H6N2O2/c1-5-9-13-17(14-10-6-2,15-11-7-3)16-12-8-4;1-6-2-3(7)5-4(6)8/h17H,5-16H2,1-4H3;2H2,1H3,(H,5,7,8). The van der Waals surface area contributed by atoms with Gasteiger partial charge in [-0.3, -0.25) is 10.1 Å². The van der Waals surface area contributed by atoms with Crippen LogP contribution in [0.1, 0.15) is 79.1 Å². The second kappa shape index (κ2) is 14.5. The van der Waals surface area contributed by atoms with Crippen molar-refractivity contribution in [2.75, 3.05) is 38.2 Å². The van der Waals surface area contributed by atoms with E-state index >= 15 is 0 Å². The van der Waals surface area contributed by atoms with Gasteiger partial charge < -0.3 is 4.90 Å². The average Bonchev–Trinajstić information content (AvgIpc) is 2.90. The summed E-state index contributed by atoms with van der Waals surface area (Å²) in [5, 5.41) is 2.11. The van der Waals surface area contributed by atoms with Gasteiger partial charge in [-0.2, -0.15) is 0 Å². The van der Waals surface area contributed by atoms with Crippen LogP contribution < -0.4 is 5.32 Å². The molecule has 1 aliphatic heterocycles. The predicted molar refractivity (Wildman–Crippen MR) is 114 cm³/mol. The number of unbranched alkanes of at least 4 members (excludes halogenated alkanes) is 4. The first kappa shape index (κ1) is 24.4. The van der Waals surface area contributed by atoms with Crippen molar-refractivity contribution in [2.24, 2.45) is 0 Å². The van der Waals surface area contributed by atoms with Crippen LogP contribution in [0.3, 0.4) is 0 Å². The zero-order valence-electron chi connectivity index (χ0n) is 17.5. The third kappa shape index (κ3) is 10.8. The molecule has 1 aliphatic rings. The molecule has 0 spiro atoms. The zero-order chi connectivity index (χ0) is 19.1. The van der Waals surface area contributed by atoms with Crippen molar-refractivity contribution in [2.45, 2.75) is 79.1 Å². The van der Waals surface area contributed by atoms with E-state index in [4.69, 9.17) is 0 Å². The van der Waals surface area contributed by atoms with Gasteiger partial charge in [-0.15, -0.1) is 0 Å². The third-order valence-corrected chi connectivity index (χ3v) is 10.9. The minimum absolute atomic E-state index is 0.193. The zero-order valence-corrected chi connectivity index (χ0v) is 18.5. The number of hydrogen-bond acceptors (Lipinski definition) is 2. The van der Waals surface area contributed by atoms with E-state index in [1.54, 1.807) is 31.7 Å². The largest absolute Gasteiger partial charge is 0.324 e. The molecule has 0 aromatic rings. The summed E-state index contributed by atoms with van der Waals surface area (Å²) in [5.41, 5.74) is 0. The Morgan fingerprint density at radius 3 is 1.32 bits per heavy atom. The average molecular weight is 375 g/mol. The molecular formula is C20H43N2O2P. The Kier molecular flexibility index (Phi) is 14.2. The van der Waals surface area contributed by atoms with Crippen LogP contribution >= 0.6 is 7.26 Å². The summed E-state index contributed by atoms with van der Waals surface area (Å²) in [7, 11) is 0.690. The number of rotatable bonds is 12. The van der Waals surface area contributed by atoms with Crippen molar-refractivity contribution < 1.29 is 9.59 Å². The number of nitrogens with zero attached hydrogens (tertiary/aromatic N) is 1. The number of imide groups is 1. The monoisotopic (exact) mass is 374 g/mol. The maximum atomic E-state index is 10.4. The van der Waals surface area contributed by atoms with Gasteiger partial charge in [0.1, 0.15) is 6.54 Å². The Balaban J connectivity index is 0.000000593. The van der Waals surface area contributed by atoms with E-state index in [0.29, 0.717) is 0 Å². The predicted octanol–water partition coefficient (Wildman–Crippen LogP) is 5.10. The smallest absolute Gasteiger partial charge is 0.318 e. The van der Waals surface area contributed by atoms with Crippen LogP contribution in [0.4, 0.5) is 4.79 Å². The summed E-state index contributed by atoms with van der Waals surface area (Å²) in [4.78, 5) is 22.0. The quantitative estimate of drug-likeness (QED) is 0.381. The molecule has 0 saturated carbocycles. The van der Waals surface area contributed by atoms with Crippen LogP contribution in [0.25, 0.3) is 0 Å². The molecule has 1 fully saturated rings. The van der Waals surface area contributed by atoms with Crippen molar-refractivity contribution in [3.63, 3.8) is 0 Å². The molecule has 0 aliphatic carbocycles. The summed E-state index contributed by atoms with van der Waals surface area (Å²) in [6, 6.07) is -0.310. The molecule has 0 aromatic carbocycles. The van der Waals surface area contributed by atoms with Crippen molar-refractivity contribution >= 4 is 19.2 Å². The van der Waals surface area contributed by atoms with Gasteiger partial charge in [0, 0.05) is 7.05 Å². The van der Waals surface area contributed by atoms with Gasteiger partial charge in [-0.1, -0.05) is 0 Å². The van der Waals surface area contributed by atoms with Crippen LogP contribution in [-0.4, -0.2) is 55.1 Å². The molecule has 4 nitrogen and oxygen atoms in total. The van der Waals surface area contributed by atoms with E-state index in [9.17, 15) is 9.59 Å². The summed E-state index contributed by atoms with van der Waals surface area (Å²) >= 11 is 0. The second-order valence-electron chi connectivity index (χ2n) is 7.62. The van der Waals surface area contributed by atoms with Crippen molar-refractivity contribution in [3.8, 4) is 0 Å². The fourth-order valence-electron chi connectivity index (χ4n) is 3.50. The number of urea groups is 1. The van der Waals surface area contributed by atoms with Crippen LogP contribution in [0, 0.1) is 0 Å². The van der Waals surface area contributed by atoms with Gasteiger partial charge >= 0.3 is 117 Å². The Morgan fingerprint density at radius 1 is 0.800 bits per heavy atom. The molecule has 0 radical (unpaired) electrons. The van der Waals surface area contributed by atoms with Gasteiger partial charge in [0.15, 0.2) is 0 Å². The number of carbonyl (C=O) groups excluding carboxylic acids is 2. The van der Waals surface area contributed by atoms with Gasteiger partial charge in [0.2, 0.25) is 5.91 Å². The molecule has 1 rings (SSSR count). The normalized spacial score (nSPS) is 15.0. The van der Waals surface area contributed by atoms with E-state index in [2.05, 4.69) is 33.0 Å². The number of carbonyl (C=O) groups is 2. The van der Waals surface area contributed by atoms with E-state index in [0.717, 1.165) is 0 Å². The van der Waals surface area contributed by atoms with E-state index in [1.807, 2.05) is 0 Å². The van der Waals surface area contributed by atoms with Crippen LogP contribution in [0.5, 0.6) is 0 Å². The van der Waals surface area contributed by atoms with Gasteiger partial charge in [0.25, 0.3) is 0 Å². The third-order valence-electron chi connectivity index (χ3n) is 5.22. The summed E-state index contributed by atoms with van der Waals surface area (Å²) in [6.45, 7) is 9.63. The first-order chi connectivity index (χ1) is 11.9. The minimum atomic E-state index is -0.879. The maximum Gasteiger partial charge on any atom is 0.324 e. The number of likely N-dealkylation sites (N-methyl/N-ethyl adjacent to an activating group) is 1. The van der Waals surface area contributed by atoms with E-state index < -0.39 is 7.26 Å². The molecule has 1 saturated heterocycles. The summed E-state index contributed by atoms with van der Waals surface area (Å²) in [5.74, 6) is -0.225. The van der Waals surface area contributed by atoms with Crippen LogP contribution in [0.2, 0.25) is 0 Å². The van der Waals surface area contributed by atoms with Crippen molar-refractivity contribution in [1.82, 2.24) is 10.2 Å². The number of hydrogen-bond donors (Lipinski definition) is 1. The summed E-state index contributed by atoms with van der Waals surface area (Å²) < 4.78 is 0. The Labute approximate surface area is 156 Å². The Bertz CT molecular complexity index is 337. The first-order valence-electron chi connectivity index (χ1n) is 10.5. The van der Waals surface area contributed by atoms with Gasteiger partial charge in [-0.05, 0) is 0 Å². The SMILES string of the molecule is CCCC[PH](CCCC)(CCCC)CCCC.CN1CC(=O)NC1=O. The van der Waals surface area contributed by atoms with Crippen molar-refractivity contribution in [3.05, 3.63) is 0 Å². The fraction of sp³-hybridized carbons (Fsp3) is 0.900. The van der Waals surface area contributed by atoms with E-state index in [1.165, 1.54) is 56.3 Å². The van der Waals surface area contributed by atoms with Crippen LogP contribution in [-0.2, 0) is 4.79 Å². The van der Waals surface area contributed by atoms with E-state index in [-0.39, 0.29) is 18.5 Å². The molecule has 1 heterocycles. The van der Waals surface area contributed by atoms with Gasteiger partial charge in [-0.25, -0.2) is 4.79 Å². The molecule has 150 valence electrons. The summed E-state index contributed by atoms with van der Waals surface area (Å²) in [6.07, 6.45) is 18.1. The Hall–Kier alpha value is -0.630. The molecule has 0 atom stereocenters. The maximum absolute atomic E-state index is 10.4. The molecule has 3 amide bonds. The molecule has 0 bridgehead atoms. The molecule has 1 N–H and O–H groups in total. The molecule has 0 aromatic heterocycles. The Morgan fingerprint density at radius 2 is 1.16 bits per heavy atom.